The maximum absolute atomic E-state index is 11.1. The van der Waals surface area contributed by atoms with Crippen LogP contribution in [0.2, 0.25) is 0 Å². The van der Waals surface area contributed by atoms with Gasteiger partial charge in [0, 0.05) is 6.04 Å². The van der Waals surface area contributed by atoms with E-state index in [1.165, 1.54) is 19.3 Å². The minimum Gasteiger partial charge on any atom is -0.480 e. The summed E-state index contributed by atoms with van der Waals surface area (Å²) in [6, 6.07) is 0.276. The first kappa shape index (κ1) is 14.4. The predicted molar refractivity (Wildman–Crippen MR) is 63.1 cm³/mol. The van der Waals surface area contributed by atoms with Crippen molar-refractivity contribution in [3.05, 3.63) is 0 Å². The number of hydrogen-bond donors (Lipinski definition) is 2. The third-order valence-electron chi connectivity index (χ3n) is 2.98. The number of carboxylic acids is 1. The van der Waals surface area contributed by atoms with Crippen LogP contribution in [0.4, 0.5) is 0 Å². The maximum Gasteiger partial charge on any atom is 0.323 e. The zero-order valence-electron chi connectivity index (χ0n) is 10.5. The largest absolute Gasteiger partial charge is 0.480 e. The second kappa shape index (κ2) is 6.83. The van der Waals surface area contributed by atoms with Gasteiger partial charge in [0.2, 0.25) is 0 Å². The molecule has 3 heteroatoms. The highest BCUT2D eigenvalue weighted by molar-refractivity contribution is 5.78. The molecule has 0 aromatic carbocycles. The van der Waals surface area contributed by atoms with Gasteiger partial charge in [-0.2, -0.15) is 0 Å². The van der Waals surface area contributed by atoms with Gasteiger partial charge in [-0.25, -0.2) is 0 Å². The first-order chi connectivity index (χ1) is 6.96. The Kier molecular flexibility index (Phi) is 6.57. The van der Waals surface area contributed by atoms with Crippen molar-refractivity contribution < 1.29 is 9.90 Å². The summed E-state index contributed by atoms with van der Waals surface area (Å²) in [5.74, 6) is -0.757. The van der Waals surface area contributed by atoms with E-state index >= 15 is 0 Å². The normalized spacial score (nSPS) is 17.1. The SMILES string of the molecule is CCCCCC(C)NC(C)(CC)C(=O)O. The molecule has 15 heavy (non-hydrogen) atoms. The van der Waals surface area contributed by atoms with Gasteiger partial charge < -0.3 is 5.11 Å². The maximum atomic E-state index is 11.1. The molecule has 2 unspecified atom stereocenters. The third-order valence-corrected chi connectivity index (χ3v) is 2.98. The fourth-order valence-electron chi connectivity index (χ4n) is 1.63. The third kappa shape index (κ3) is 5.17. The molecule has 0 bridgehead atoms. The van der Waals surface area contributed by atoms with Crippen molar-refractivity contribution in [1.29, 1.82) is 0 Å². The van der Waals surface area contributed by atoms with Gasteiger partial charge in [-0.3, -0.25) is 10.1 Å². The van der Waals surface area contributed by atoms with E-state index in [1.807, 2.05) is 6.92 Å². The molecule has 0 spiro atoms. The molecule has 3 nitrogen and oxygen atoms in total. The Labute approximate surface area is 93.3 Å². The molecule has 0 heterocycles. The van der Waals surface area contributed by atoms with Crippen molar-refractivity contribution in [2.24, 2.45) is 0 Å². The molecule has 0 aromatic heterocycles. The van der Waals surface area contributed by atoms with E-state index in [2.05, 4.69) is 19.2 Å². The summed E-state index contributed by atoms with van der Waals surface area (Å²) in [4.78, 5) is 11.1. The van der Waals surface area contributed by atoms with Gasteiger partial charge in [0.05, 0.1) is 0 Å². The lowest BCUT2D eigenvalue weighted by Crippen LogP contribution is -2.52. The zero-order valence-corrected chi connectivity index (χ0v) is 10.5. The van der Waals surface area contributed by atoms with Crippen molar-refractivity contribution in [3.8, 4) is 0 Å². The molecule has 0 rings (SSSR count). The molecule has 0 aliphatic carbocycles. The molecule has 0 aliphatic rings. The summed E-state index contributed by atoms with van der Waals surface area (Å²) in [5, 5.41) is 12.3. The number of rotatable bonds is 8. The number of nitrogens with one attached hydrogen (secondary N) is 1. The van der Waals surface area contributed by atoms with Crippen LogP contribution in [-0.2, 0) is 4.79 Å². The quantitative estimate of drug-likeness (QED) is 0.612. The minimum absolute atomic E-state index is 0.276. The fourth-order valence-corrected chi connectivity index (χ4v) is 1.63. The van der Waals surface area contributed by atoms with Crippen LogP contribution in [0.5, 0.6) is 0 Å². The molecular weight excluding hydrogens is 190 g/mol. The summed E-state index contributed by atoms with van der Waals surface area (Å²) >= 11 is 0. The lowest BCUT2D eigenvalue weighted by molar-refractivity contribution is -0.144. The van der Waals surface area contributed by atoms with Crippen LogP contribution < -0.4 is 5.32 Å². The summed E-state index contributed by atoms with van der Waals surface area (Å²) in [5.41, 5.74) is -0.772. The fraction of sp³-hybridized carbons (Fsp3) is 0.917. The second-order valence-corrected chi connectivity index (χ2v) is 4.53. The van der Waals surface area contributed by atoms with E-state index in [-0.39, 0.29) is 6.04 Å². The molecule has 0 fully saturated rings. The summed E-state index contributed by atoms with van der Waals surface area (Å²) in [7, 11) is 0. The highest BCUT2D eigenvalue weighted by Crippen LogP contribution is 2.13. The van der Waals surface area contributed by atoms with Gasteiger partial charge >= 0.3 is 5.97 Å². The Morgan fingerprint density at radius 2 is 2.00 bits per heavy atom. The molecule has 0 amide bonds. The Hall–Kier alpha value is -0.570. The first-order valence-electron chi connectivity index (χ1n) is 5.97. The summed E-state index contributed by atoms with van der Waals surface area (Å²) < 4.78 is 0. The molecule has 2 N–H and O–H groups in total. The van der Waals surface area contributed by atoms with Crippen LogP contribution in [0, 0.1) is 0 Å². The Balaban J connectivity index is 4.01. The van der Waals surface area contributed by atoms with Crippen molar-refractivity contribution in [3.63, 3.8) is 0 Å². The van der Waals surface area contributed by atoms with Crippen molar-refractivity contribution in [2.45, 2.75) is 71.4 Å². The lowest BCUT2D eigenvalue weighted by atomic mass is 9.97. The van der Waals surface area contributed by atoms with Crippen LogP contribution in [0.3, 0.4) is 0 Å². The average molecular weight is 215 g/mol. The smallest absolute Gasteiger partial charge is 0.323 e. The summed E-state index contributed by atoms with van der Waals surface area (Å²) in [6.07, 6.45) is 5.26. The molecule has 0 aliphatic heterocycles. The number of unbranched alkanes of at least 4 members (excludes halogenated alkanes) is 2. The number of hydrogen-bond acceptors (Lipinski definition) is 2. The van der Waals surface area contributed by atoms with Crippen molar-refractivity contribution in [2.75, 3.05) is 0 Å². The molecule has 0 radical (unpaired) electrons. The first-order valence-corrected chi connectivity index (χ1v) is 5.97. The number of carbonyl (C=O) groups is 1. The van der Waals surface area contributed by atoms with Gasteiger partial charge in [-0.1, -0.05) is 33.1 Å². The molecule has 0 aromatic rings. The molecule has 2 atom stereocenters. The molecule has 90 valence electrons. The second-order valence-electron chi connectivity index (χ2n) is 4.53. The van der Waals surface area contributed by atoms with E-state index in [1.54, 1.807) is 6.92 Å². The minimum atomic E-state index is -0.772. The monoisotopic (exact) mass is 215 g/mol. The van der Waals surface area contributed by atoms with Crippen LogP contribution in [0.25, 0.3) is 0 Å². The Morgan fingerprint density at radius 1 is 1.40 bits per heavy atom. The highest BCUT2D eigenvalue weighted by atomic mass is 16.4. The highest BCUT2D eigenvalue weighted by Gasteiger charge is 2.31. The van der Waals surface area contributed by atoms with Crippen LogP contribution in [-0.4, -0.2) is 22.7 Å². The molecular formula is C12H25NO2. The summed E-state index contributed by atoms with van der Waals surface area (Å²) in [6.45, 7) is 7.89. The van der Waals surface area contributed by atoms with Crippen LogP contribution in [0.15, 0.2) is 0 Å². The standard InChI is InChI=1S/C12H25NO2/c1-5-7-8-9-10(3)13-12(4,6-2)11(14)15/h10,13H,5-9H2,1-4H3,(H,14,15). The Bertz CT molecular complexity index is 194. The molecule has 0 saturated carbocycles. The molecule has 0 saturated heterocycles. The van der Waals surface area contributed by atoms with Crippen LogP contribution >= 0.6 is 0 Å². The lowest BCUT2D eigenvalue weighted by Gasteiger charge is -2.28. The predicted octanol–water partition coefficient (Wildman–Crippen LogP) is 2.80. The van der Waals surface area contributed by atoms with Crippen LogP contribution in [0.1, 0.15) is 59.8 Å². The zero-order chi connectivity index (χ0) is 11.9. The van der Waals surface area contributed by atoms with Gasteiger partial charge in [-0.15, -0.1) is 0 Å². The van der Waals surface area contributed by atoms with E-state index in [0.29, 0.717) is 6.42 Å². The van der Waals surface area contributed by atoms with Gasteiger partial charge in [0.25, 0.3) is 0 Å². The van der Waals surface area contributed by atoms with Gasteiger partial charge in [0.1, 0.15) is 5.54 Å². The van der Waals surface area contributed by atoms with Crippen molar-refractivity contribution in [1.82, 2.24) is 5.32 Å². The van der Waals surface area contributed by atoms with E-state index in [0.717, 1.165) is 6.42 Å². The average Bonchev–Trinajstić information content (AvgIpc) is 2.17. The van der Waals surface area contributed by atoms with E-state index < -0.39 is 11.5 Å². The van der Waals surface area contributed by atoms with Gasteiger partial charge in [-0.05, 0) is 26.7 Å². The van der Waals surface area contributed by atoms with Crippen molar-refractivity contribution >= 4 is 5.97 Å². The Morgan fingerprint density at radius 3 is 2.40 bits per heavy atom. The van der Waals surface area contributed by atoms with E-state index in [4.69, 9.17) is 5.11 Å². The van der Waals surface area contributed by atoms with Gasteiger partial charge in [0.15, 0.2) is 0 Å². The van der Waals surface area contributed by atoms with E-state index in [9.17, 15) is 4.79 Å². The number of aliphatic carboxylic acids is 1. The number of carboxylic acid groups (broad SMARTS) is 1. The topological polar surface area (TPSA) is 49.3 Å².